The van der Waals surface area contributed by atoms with Crippen LogP contribution in [-0.4, -0.2) is 4.57 Å². The van der Waals surface area contributed by atoms with Crippen molar-refractivity contribution in [3.63, 3.8) is 0 Å². The van der Waals surface area contributed by atoms with Crippen LogP contribution in [0.2, 0.25) is 0 Å². The Morgan fingerprint density at radius 2 is 2.06 bits per heavy atom. The number of rotatable bonds is 2. The largest absolute Gasteiger partial charge is 0.394 e. The van der Waals surface area contributed by atoms with Crippen LogP contribution in [0.3, 0.4) is 0 Å². The summed E-state index contributed by atoms with van der Waals surface area (Å²) in [7, 11) is 0. The molecule has 3 nitrogen and oxygen atoms in total. The predicted molar refractivity (Wildman–Crippen MR) is 64.5 cm³/mol. The Hall–Kier alpha value is -1.25. The summed E-state index contributed by atoms with van der Waals surface area (Å²) < 4.78 is 1.96. The van der Waals surface area contributed by atoms with E-state index in [0.29, 0.717) is 5.69 Å². The minimum atomic E-state index is 0.0348. The van der Waals surface area contributed by atoms with Crippen LogP contribution in [0.25, 0.3) is 0 Å². The second kappa shape index (κ2) is 3.65. The van der Waals surface area contributed by atoms with Gasteiger partial charge in [0.15, 0.2) is 0 Å². The number of hydrogen-bond donors (Lipinski definition) is 1. The van der Waals surface area contributed by atoms with Gasteiger partial charge in [-0.25, -0.2) is 0 Å². The summed E-state index contributed by atoms with van der Waals surface area (Å²) in [5, 5.41) is 0. The molecule has 1 saturated carbocycles. The van der Waals surface area contributed by atoms with Crippen LogP contribution in [0.5, 0.6) is 0 Å². The number of nitrogens with zero attached hydrogens (tertiary/aromatic N) is 1. The number of hydrogen-bond acceptors (Lipinski definition) is 2. The minimum Gasteiger partial charge on any atom is -0.394 e. The first-order valence-corrected chi connectivity index (χ1v) is 6.27. The summed E-state index contributed by atoms with van der Waals surface area (Å²) in [5.74, 6) is 0.727. The molecule has 0 saturated heterocycles. The van der Waals surface area contributed by atoms with Crippen LogP contribution in [0.15, 0.2) is 10.9 Å². The highest BCUT2D eigenvalue weighted by atomic mass is 16.1. The van der Waals surface area contributed by atoms with E-state index in [9.17, 15) is 4.79 Å². The second-order valence-electron chi connectivity index (χ2n) is 5.14. The van der Waals surface area contributed by atoms with Crippen molar-refractivity contribution in [2.24, 2.45) is 5.92 Å². The lowest BCUT2D eigenvalue weighted by atomic mass is 9.95. The van der Waals surface area contributed by atoms with Crippen LogP contribution in [0.1, 0.15) is 36.9 Å². The normalized spacial score (nSPS) is 19.5. The summed E-state index contributed by atoms with van der Waals surface area (Å²) in [4.78, 5) is 12.0. The number of pyridine rings is 1. The maximum atomic E-state index is 12.0. The molecule has 1 heterocycles. The summed E-state index contributed by atoms with van der Waals surface area (Å²) >= 11 is 0. The van der Waals surface area contributed by atoms with Gasteiger partial charge in [0.25, 0.3) is 5.56 Å². The number of nitrogen functional groups attached to an aromatic ring is 1. The summed E-state index contributed by atoms with van der Waals surface area (Å²) in [6.07, 6.45) is 7.13. The fraction of sp³-hybridized carbons (Fsp3) is 0.615. The number of anilines is 1. The lowest BCUT2D eigenvalue weighted by Gasteiger charge is -2.21. The van der Waals surface area contributed by atoms with Gasteiger partial charge in [0.1, 0.15) is 0 Å². The molecule has 0 spiro atoms. The Labute approximate surface area is 95.3 Å². The molecule has 0 bridgehead atoms. The quantitative estimate of drug-likeness (QED) is 0.821. The number of aryl methyl sites for hydroxylation is 1. The van der Waals surface area contributed by atoms with E-state index in [1.54, 1.807) is 0 Å². The Morgan fingerprint density at radius 1 is 1.31 bits per heavy atom. The van der Waals surface area contributed by atoms with Crippen molar-refractivity contribution in [3.05, 3.63) is 27.7 Å². The second-order valence-corrected chi connectivity index (χ2v) is 5.14. The van der Waals surface area contributed by atoms with Gasteiger partial charge in [-0.05, 0) is 56.1 Å². The molecule has 0 atom stereocenters. The zero-order valence-electron chi connectivity index (χ0n) is 9.54. The highest BCUT2D eigenvalue weighted by Gasteiger charge is 2.25. The van der Waals surface area contributed by atoms with Crippen LogP contribution < -0.4 is 11.3 Å². The van der Waals surface area contributed by atoms with Crippen LogP contribution in [-0.2, 0) is 19.4 Å². The van der Waals surface area contributed by atoms with E-state index in [1.165, 1.54) is 36.9 Å². The molecule has 3 rings (SSSR count). The SMILES string of the molecule is Nc1cc2c(n(CC3CC3)c1=O)CCCC2. The number of nitrogens with two attached hydrogens (primary N) is 1. The van der Waals surface area contributed by atoms with E-state index >= 15 is 0 Å². The van der Waals surface area contributed by atoms with Crippen LogP contribution in [0, 0.1) is 5.92 Å². The zero-order valence-corrected chi connectivity index (χ0v) is 9.54. The van der Waals surface area contributed by atoms with Gasteiger partial charge in [-0.3, -0.25) is 4.79 Å². The van der Waals surface area contributed by atoms with Gasteiger partial charge >= 0.3 is 0 Å². The van der Waals surface area contributed by atoms with Crippen molar-refractivity contribution in [2.45, 2.75) is 45.1 Å². The maximum absolute atomic E-state index is 12.0. The fourth-order valence-electron chi connectivity index (χ4n) is 2.66. The molecule has 2 aliphatic rings. The van der Waals surface area contributed by atoms with E-state index in [1.807, 2.05) is 10.6 Å². The average Bonchev–Trinajstić information content (AvgIpc) is 3.08. The van der Waals surface area contributed by atoms with E-state index < -0.39 is 0 Å². The van der Waals surface area contributed by atoms with Crippen molar-refractivity contribution in [1.82, 2.24) is 4.57 Å². The van der Waals surface area contributed by atoms with Gasteiger partial charge in [0.2, 0.25) is 0 Å². The maximum Gasteiger partial charge on any atom is 0.273 e. The molecule has 16 heavy (non-hydrogen) atoms. The summed E-state index contributed by atoms with van der Waals surface area (Å²) in [6.45, 7) is 0.895. The third-order valence-corrected chi connectivity index (χ3v) is 3.77. The first-order chi connectivity index (χ1) is 7.75. The molecule has 86 valence electrons. The van der Waals surface area contributed by atoms with Crippen molar-refractivity contribution < 1.29 is 0 Å². The molecule has 1 aromatic rings. The molecular weight excluding hydrogens is 200 g/mol. The van der Waals surface area contributed by atoms with E-state index in [0.717, 1.165) is 25.3 Å². The van der Waals surface area contributed by atoms with Crippen molar-refractivity contribution in [2.75, 3.05) is 5.73 Å². The molecule has 0 unspecified atom stereocenters. The lowest BCUT2D eigenvalue weighted by molar-refractivity contribution is 0.543. The molecule has 3 heteroatoms. The third-order valence-electron chi connectivity index (χ3n) is 3.77. The van der Waals surface area contributed by atoms with Gasteiger partial charge in [0.05, 0.1) is 5.69 Å². The topological polar surface area (TPSA) is 48.0 Å². The fourth-order valence-corrected chi connectivity index (χ4v) is 2.66. The highest BCUT2D eigenvalue weighted by Crippen LogP contribution is 2.31. The van der Waals surface area contributed by atoms with Crippen molar-refractivity contribution >= 4 is 5.69 Å². The molecule has 2 aliphatic carbocycles. The number of fused-ring (bicyclic) bond motifs is 1. The molecule has 0 aromatic carbocycles. The van der Waals surface area contributed by atoms with E-state index in [2.05, 4.69) is 0 Å². The molecule has 1 fully saturated rings. The van der Waals surface area contributed by atoms with E-state index in [-0.39, 0.29) is 5.56 Å². The summed E-state index contributed by atoms with van der Waals surface area (Å²) in [6, 6.07) is 1.90. The third kappa shape index (κ3) is 1.64. The Kier molecular flexibility index (Phi) is 2.27. The number of aromatic nitrogens is 1. The molecule has 0 aliphatic heterocycles. The molecular formula is C13H18N2O. The van der Waals surface area contributed by atoms with Crippen LogP contribution in [0.4, 0.5) is 5.69 Å². The molecule has 0 amide bonds. The first kappa shape index (κ1) is 9.94. The Morgan fingerprint density at radius 3 is 2.81 bits per heavy atom. The molecule has 2 N–H and O–H groups in total. The zero-order chi connectivity index (χ0) is 11.1. The van der Waals surface area contributed by atoms with Crippen LogP contribution >= 0.6 is 0 Å². The molecule has 0 radical (unpaired) electrons. The van der Waals surface area contributed by atoms with Crippen molar-refractivity contribution in [3.8, 4) is 0 Å². The first-order valence-electron chi connectivity index (χ1n) is 6.27. The monoisotopic (exact) mass is 218 g/mol. The van der Waals surface area contributed by atoms with E-state index in [4.69, 9.17) is 5.73 Å². The summed E-state index contributed by atoms with van der Waals surface area (Å²) in [5.41, 5.74) is 8.84. The smallest absolute Gasteiger partial charge is 0.273 e. The van der Waals surface area contributed by atoms with Gasteiger partial charge in [-0.1, -0.05) is 0 Å². The lowest BCUT2D eigenvalue weighted by Crippen LogP contribution is -2.29. The average molecular weight is 218 g/mol. The Balaban J connectivity index is 2.10. The van der Waals surface area contributed by atoms with Crippen molar-refractivity contribution in [1.29, 1.82) is 0 Å². The highest BCUT2D eigenvalue weighted by molar-refractivity contribution is 5.42. The van der Waals surface area contributed by atoms with Gasteiger partial charge in [-0.2, -0.15) is 0 Å². The standard InChI is InChI=1S/C13H18N2O/c14-11-7-10-3-1-2-4-12(10)15(13(11)16)8-9-5-6-9/h7,9H,1-6,8,14H2. The Bertz CT molecular complexity index is 472. The van der Waals surface area contributed by atoms with Gasteiger partial charge in [-0.15, -0.1) is 0 Å². The van der Waals surface area contributed by atoms with Gasteiger partial charge < -0.3 is 10.3 Å². The van der Waals surface area contributed by atoms with Gasteiger partial charge in [0, 0.05) is 12.2 Å². The predicted octanol–water partition coefficient (Wildman–Crippen LogP) is 1.72. The minimum absolute atomic E-state index is 0.0348. The molecule has 1 aromatic heterocycles.